The van der Waals surface area contributed by atoms with Crippen molar-refractivity contribution in [3.63, 3.8) is 0 Å². The van der Waals surface area contributed by atoms with Gasteiger partial charge in [0.15, 0.2) is 0 Å². The van der Waals surface area contributed by atoms with Crippen LogP contribution in [0.15, 0.2) is 24.3 Å². The van der Waals surface area contributed by atoms with Crippen LogP contribution in [0.4, 0.5) is 5.69 Å². The number of anilines is 1. The zero-order valence-corrected chi connectivity index (χ0v) is 8.40. The summed E-state index contributed by atoms with van der Waals surface area (Å²) in [6, 6.07) is 6.02. The first-order valence-electron chi connectivity index (χ1n) is 4.70. The molecule has 0 aromatic heterocycles. The van der Waals surface area contributed by atoms with Gasteiger partial charge >= 0.3 is 0 Å². The largest absolute Gasteiger partial charge is 0.361 e. The molecule has 2 rings (SSSR count). The second-order valence-electron chi connectivity index (χ2n) is 3.60. The van der Waals surface area contributed by atoms with Gasteiger partial charge in [-0.2, -0.15) is 0 Å². The highest BCUT2D eigenvalue weighted by atomic mass is 16.1. The predicted octanol–water partition coefficient (Wildman–Crippen LogP) is 2.03. The third-order valence-corrected chi connectivity index (χ3v) is 2.73. The molecule has 0 saturated carbocycles. The van der Waals surface area contributed by atoms with Crippen molar-refractivity contribution in [2.45, 2.75) is 13.0 Å². The Labute approximate surface area is 83.8 Å². The number of aldehydes is 1. The van der Waals surface area contributed by atoms with Crippen LogP contribution in [0.5, 0.6) is 0 Å². The highest BCUT2D eigenvalue weighted by molar-refractivity contribution is 5.81. The second-order valence-corrected chi connectivity index (χ2v) is 3.60. The Morgan fingerprint density at radius 3 is 2.93 bits per heavy atom. The summed E-state index contributed by atoms with van der Waals surface area (Å²) in [4.78, 5) is 12.8. The van der Waals surface area contributed by atoms with Crippen LogP contribution < -0.4 is 4.90 Å². The molecule has 0 fully saturated rings. The van der Waals surface area contributed by atoms with Crippen LogP contribution in [0.3, 0.4) is 0 Å². The summed E-state index contributed by atoms with van der Waals surface area (Å²) in [6.07, 6.45) is 4.92. The third-order valence-electron chi connectivity index (χ3n) is 2.73. The van der Waals surface area contributed by atoms with Crippen molar-refractivity contribution >= 4 is 18.0 Å². The zero-order valence-electron chi connectivity index (χ0n) is 8.40. The van der Waals surface area contributed by atoms with Crippen molar-refractivity contribution in [3.8, 4) is 0 Å². The number of hydrogen-bond acceptors (Lipinski definition) is 2. The number of hydrogen-bond donors (Lipinski definition) is 0. The summed E-state index contributed by atoms with van der Waals surface area (Å²) in [5.41, 5.74) is 3.59. The fourth-order valence-corrected chi connectivity index (χ4v) is 1.81. The van der Waals surface area contributed by atoms with Crippen LogP contribution in [-0.4, -0.2) is 19.4 Å². The van der Waals surface area contributed by atoms with Crippen molar-refractivity contribution in [3.05, 3.63) is 35.4 Å². The first-order chi connectivity index (χ1) is 6.74. The molecule has 0 radical (unpaired) electrons. The Kier molecular flexibility index (Phi) is 2.12. The van der Waals surface area contributed by atoms with E-state index in [1.54, 1.807) is 0 Å². The Morgan fingerprint density at radius 1 is 1.43 bits per heavy atom. The lowest BCUT2D eigenvalue weighted by Gasteiger charge is -2.29. The normalized spacial score (nSPS) is 19.3. The average Bonchev–Trinajstić information content (AvgIpc) is 2.20. The van der Waals surface area contributed by atoms with E-state index >= 15 is 0 Å². The van der Waals surface area contributed by atoms with E-state index in [9.17, 15) is 4.79 Å². The van der Waals surface area contributed by atoms with E-state index in [1.807, 2.05) is 36.2 Å². The number of fused-ring (bicyclic) bond motifs is 1. The van der Waals surface area contributed by atoms with Gasteiger partial charge in [-0.1, -0.05) is 24.3 Å². The van der Waals surface area contributed by atoms with Crippen LogP contribution in [-0.2, 0) is 4.79 Å². The van der Waals surface area contributed by atoms with Gasteiger partial charge in [0, 0.05) is 18.3 Å². The van der Waals surface area contributed by atoms with Gasteiger partial charge in [-0.3, -0.25) is 0 Å². The molecule has 1 aromatic carbocycles. The molecule has 1 atom stereocenters. The van der Waals surface area contributed by atoms with E-state index in [1.165, 1.54) is 11.1 Å². The summed E-state index contributed by atoms with van der Waals surface area (Å²) < 4.78 is 0. The van der Waals surface area contributed by atoms with E-state index in [2.05, 4.69) is 13.0 Å². The molecule has 1 unspecified atom stereocenters. The Balaban J connectivity index is 2.54. The highest BCUT2D eigenvalue weighted by Crippen LogP contribution is 2.29. The number of carbonyl (C=O) groups excluding carboxylic acids is 1. The number of aryl methyl sites for hydroxylation is 1. The Bertz CT molecular complexity index is 395. The molecule has 0 aliphatic carbocycles. The molecule has 1 heterocycles. The van der Waals surface area contributed by atoms with Crippen LogP contribution in [0.1, 0.15) is 11.1 Å². The summed E-state index contributed by atoms with van der Waals surface area (Å²) in [7, 11) is 1.95. The zero-order chi connectivity index (χ0) is 10.1. The predicted molar refractivity (Wildman–Crippen MR) is 58.5 cm³/mol. The molecule has 1 aliphatic heterocycles. The maximum Gasteiger partial charge on any atom is 0.146 e. The number of carbonyl (C=O) groups is 1. The Morgan fingerprint density at radius 2 is 2.21 bits per heavy atom. The molecule has 0 amide bonds. The van der Waals surface area contributed by atoms with Gasteiger partial charge in [0.2, 0.25) is 0 Å². The molecule has 2 heteroatoms. The van der Waals surface area contributed by atoms with E-state index < -0.39 is 0 Å². The summed E-state index contributed by atoms with van der Waals surface area (Å²) in [6.45, 7) is 2.08. The topological polar surface area (TPSA) is 20.3 Å². The van der Waals surface area contributed by atoms with Crippen LogP contribution in [0.25, 0.3) is 6.08 Å². The maximum absolute atomic E-state index is 10.8. The van der Waals surface area contributed by atoms with Gasteiger partial charge in [-0.15, -0.1) is 0 Å². The monoisotopic (exact) mass is 187 g/mol. The van der Waals surface area contributed by atoms with Crippen molar-refractivity contribution in [2.24, 2.45) is 0 Å². The molecule has 1 aliphatic rings. The number of likely N-dealkylation sites (N-methyl/N-ethyl adjacent to an activating group) is 1. The molecule has 14 heavy (non-hydrogen) atoms. The first kappa shape index (κ1) is 9.00. The lowest BCUT2D eigenvalue weighted by molar-refractivity contribution is -0.108. The molecule has 0 spiro atoms. The van der Waals surface area contributed by atoms with E-state index in [0.717, 1.165) is 12.0 Å². The molecule has 0 saturated heterocycles. The second kappa shape index (κ2) is 3.29. The fraction of sp³-hybridized carbons (Fsp3) is 0.250. The average molecular weight is 187 g/mol. The molecular formula is C12H13NO. The summed E-state index contributed by atoms with van der Waals surface area (Å²) in [5.74, 6) is 0. The molecule has 0 N–H and O–H groups in total. The lowest BCUT2D eigenvalue weighted by atomic mass is 10.00. The van der Waals surface area contributed by atoms with Gasteiger partial charge in [0.1, 0.15) is 12.3 Å². The van der Waals surface area contributed by atoms with Crippen LogP contribution >= 0.6 is 0 Å². The van der Waals surface area contributed by atoms with E-state index in [0.29, 0.717) is 0 Å². The van der Waals surface area contributed by atoms with Crippen molar-refractivity contribution in [1.82, 2.24) is 0 Å². The molecular weight excluding hydrogens is 174 g/mol. The van der Waals surface area contributed by atoms with Gasteiger partial charge in [0.25, 0.3) is 0 Å². The standard InChI is InChI=1S/C12H13NO/c1-9-4-3-5-12-11(9)7-6-10(8-14)13(12)2/h3-8,10H,1-2H3. The minimum atomic E-state index is -0.121. The van der Waals surface area contributed by atoms with Crippen LogP contribution in [0.2, 0.25) is 0 Å². The number of benzene rings is 1. The SMILES string of the molecule is Cc1cccc2c1C=CC(C=O)N2C. The molecule has 72 valence electrons. The smallest absolute Gasteiger partial charge is 0.146 e. The maximum atomic E-state index is 10.8. The highest BCUT2D eigenvalue weighted by Gasteiger charge is 2.18. The van der Waals surface area contributed by atoms with Gasteiger partial charge in [-0.05, 0) is 18.6 Å². The van der Waals surface area contributed by atoms with Gasteiger partial charge in [0.05, 0.1) is 0 Å². The molecule has 1 aromatic rings. The van der Waals surface area contributed by atoms with Crippen molar-refractivity contribution < 1.29 is 4.79 Å². The minimum absolute atomic E-state index is 0.121. The fourth-order valence-electron chi connectivity index (χ4n) is 1.81. The first-order valence-corrected chi connectivity index (χ1v) is 4.70. The lowest BCUT2D eigenvalue weighted by Crippen LogP contribution is -2.33. The number of rotatable bonds is 1. The van der Waals surface area contributed by atoms with Crippen LogP contribution in [0, 0.1) is 6.92 Å². The molecule has 0 bridgehead atoms. The summed E-state index contributed by atoms with van der Waals surface area (Å²) >= 11 is 0. The molecule has 2 nitrogen and oxygen atoms in total. The quantitative estimate of drug-likeness (QED) is 0.627. The van der Waals surface area contributed by atoms with Crippen molar-refractivity contribution in [2.75, 3.05) is 11.9 Å². The third kappa shape index (κ3) is 1.23. The number of nitrogens with zero attached hydrogens (tertiary/aromatic N) is 1. The minimum Gasteiger partial charge on any atom is -0.361 e. The summed E-state index contributed by atoms with van der Waals surface area (Å²) in [5, 5.41) is 0. The van der Waals surface area contributed by atoms with Gasteiger partial charge in [-0.25, -0.2) is 0 Å². The van der Waals surface area contributed by atoms with Crippen molar-refractivity contribution in [1.29, 1.82) is 0 Å². The van der Waals surface area contributed by atoms with E-state index in [-0.39, 0.29) is 6.04 Å². The van der Waals surface area contributed by atoms with Gasteiger partial charge < -0.3 is 9.69 Å². The Hall–Kier alpha value is -1.57. The van der Waals surface area contributed by atoms with E-state index in [4.69, 9.17) is 0 Å².